The molecular formula is C14H17N3O2. The topological polar surface area (TPSA) is 67.2 Å². The second kappa shape index (κ2) is 6.04. The largest absolute Gasteiger partial charge is 0.385 e. The molecule has 5 nitrogen and oxygen atoms in total. The summed E-state index contributed by atoms with van der Waals surface area (Å²) in [7, 11) is 0. The van der Waals surface area contributed by atoms with E-state index in [1.807, 2.05) is 32.0 Å². The number of nitrogens with zero attached hydrogens (tertiary/aromatic N) is 1. The molecular weight excluding hydrogens is 242 g/mol. The van der Waals surface area contributed by atoms with Crippen molar-refractivity contribution in [3.63, 3.8) is 0 Å². The molecule has 5 heteroatoms. The number of rotatable bonds is 5. The number of nitrogens with one attached hydrogen (secondary N) is 2. The van der Waals surface area contributed by atoms with E-state index in [-0.39, 0.29) is 5.91 Å². The van der Waals surface area contributed by atoms with E-state index in [1.54, 1.807) is 12.3 Å². The van der Waals surface area contributed by atoms with Gasteiger partial charge in [-0.15, -0.1) is 0 Å². The van der Waals surface area contributed by atoms with Gasteiger partial charge in [0.1, 0.15) is 0 Å². The fraction of sp³-hybridized carbons (Fsp3) is 0.286. The summed E-state index contributed by atoms with van der Waals surface area (Å²) in [5, 5.41) is 9.59. The van der Waals surface area contributed by atoms with Crippen molar-refractivity contribution >= 4 is 11.6 Å². The first-order valence-electron chi connectivity index (χ1n) is 6.23. The molecule has 0 aliphatic heterocycles. The third kappa shape index (κ3) is 3.34. The maximum atomic E-state index is 12.1. The molecule has 0 bridgehead atoms. The third-order valence-corrected chi connectivity index (χ3v) is 2.70. The van der Waals surface area contributed by atoms with E-state index < -0.39 is 0 Å². The van der Waals surface area contributed by atoms with Crippen LogP contribution in [0.2, 0.25) is 0 Å². The molecule has 0 fully saturated rings. The van der Waals surface area contributed by atoms with Gasteiger partial charge in [-0.2, -0.15) is 0 Å². The van der Waals surface area contributed by atoms with Gasteiger partial charge in [-0.05, 0) is 31.5 Å². The van der Waals surface area contributed by atoms with Crippen LogP contribution in [0.1, 0.15) is 28.6 Å². The summed E-state index contributed by atoms with van der Waals surface area (Å²) in [5.41, 5.74) is 2.59. The number of benzene rings is 1. The van der Waals surface area contributed by atoms with Gasteiger partial charge < -0.3 is 15.2 Å². The van der Waals surface area contributed by atoms with E-state index in [1.165, 1.54) is 0 Å². The summed E-state index contributed by atoms with van der Waals surface area (Å²) in [4.78, 5) is 12.1. The molecule has 2 rings (SSSR count). The first-order valence-corrected chi connectivity index (χ1v) is 6.23. The molecule has 1 aromatic heterocycles. The predicted octanol–water partition coefficient (Wildman–Crippen LogP) is 2.34. The highest BCUT2D eigenvalue weighted by atomic mass is 16.5. The van der Waals surface area contributed by atoms with Crippen LogP contribution >= 0.6 is 0 Å². The molecule has 0 aliphatic carbocycles. The van der Waals surface area contributed by atoms with E-state index in [2.05, 4.69) is 15.8 Å². The van der Waals surface area contributed by atoms with Crippen molar-refractivity contribution in [3.8, 4) is 0 Å². The number of carbonyl (C=O) groups is 1. The quantitative estimate of drug-likeness (QED) is 0.865. The zero-order valence-corrected chi connectivity index (χ0v) is 11.1. The lowest BCUT2D eigenvalue weighted by Gasteiger charge is -2.11. The van der Waals surface area contributed by atoms with Crippen molar-refractivity contribution in [2.45, 2.75) is 20.4 Å². The smallest absolute Gasteiger partial charge is 0.253 e. The van der Waals surface area contributed by atoms with Crippen LogP contribution in [0.3, 0.4) is 0 Å². The van der Waals surface area contributed by atoms with Crippen LogP contribution in [0.5, 0.6) is 0 Å². The van der Waals surface area contributed by atoms with E-state index in [0.717, 1.165) is 17.8 Å². The molecule has 1 aromatic carbocycles. The van der Waals surface area contributed by atoms with Gasteiger partial charge in [0.05, 0.1) is 18.3 Å². The fourth-order valence-corrected chi connectivity index (χ4v) is 1.79. The molecule has 0 radical (unpaired) electrons. The Morgan fingerprint density at radius 1 is 1.37 bits per heavy atom. The van der Waals surface area contributed by atoms with Crippen LogP contribution in [0.25, 0.3) is 0 Å². The molecule has 2 aromatic rings. The third-order valence-electron chi connectivity index (χ3n) is 2.70. The van der Waals surface area contributed by atoms with Crippen molar-refractivity contribution in [1.29, 1.82) is 0 Å². The van der Waals surface area contributed by atoms with Gasteiger partial charge in [0.2, 0.25) is 0 Å². The standard InChI is InChI=1S/C14H17N3O2/c1-3-15-13-8-10(2)4-5-12(13)14(18)16-9-11-6-7-17-19-11/h4-8,15H,3,9H2,1-2H3,(H,16,18). The minimum atomic E-state index is -0.132. The lowest BCUT2D eigenvalue weighted by Crippen LogP contribution is -2.23. The number of hydrogen-bond donors (Lipinski definition) is 2. The van der Waals surface area contributed by atoms with E-state index in [4.69, 9.17) is 4.52 Å². The lowest BCUT2D eigenvalue weighted by molar-refractivity contribution is 0.0948. The second-order valence-electron chi connectivity index (χ2n) is 4.24. The van der Waals surface area contributed by atoms with Crippen LogP contribution < -0.4 is 10.6 Å². The van der Waals surface area contributed by atoms with Crippen LogP contribution in [-0.4, -0.2) is 17.6 Å². The van der Waals surface area contributed by atoms with Gasteiger partial charge in [-0.25, -0.2) is 0 Å². The molecule has 1 heterocycles. The van der Waals surface area contributed by atoms with Gasteiger partial charge >= 0.3 is 0 Å². The molecule has 0 saturated carbocycles. The number of aryl methyl sites for hydroxylation is 1. The Morgan fingerprint density at radius 3 is 2.89 bits per heavy atom. The number of amides is 1. The van der Waals surface area contributed by atoms with Gasteiger partial charge in [0, 0.05) is 18.3 Å². The summed E-state index contributed by atoms with van der Waals surface area (Å²) in [6, 6.07) is 7.43. The molecule has 2 N–H and O–H groups in total. The Morgan fingerprint density at radius 2 is 2.21 bits per heavy atom. The predicted molar refractivity (Wildman–Crippen MR) is 73.0 cm³/mol. The highest BCUT2D eigenvalue weighted by Crippen LogP contribution is 2.17. The monoisotopic (exact) mass is 259 g/mol. The summed E-state index contributed by atoms with van der Waals surface area (Å²) >= 11 is 0. The first-order chi connectivity index (χ1) is 9.20. The molecule has 100 valence electrons. The highest BCUT2D eigenvalue weighted by Gasteiger charge is 2.11. The number of carbonyl (C=O) groups excluding carboxylic acids is 1. The molecule has 0 unspecified atom stereocenters. The maximum Gasteiger partial charge on any atom is 0.253 e. The van der Waals surface area contributed by atoms with Crippen molar-refractivity contribution in [3.05, 3.63) is 47.3 Å². The van der Waals surface area contributed by atoms with Gasteiger partial charge in [-0.1, -0.05) is 11.2 Å². The summed E-state index contributed by atoms with van der Waals surface area (Å²) in [5.74, 6) is 0.498. The summed E-state index contributed by atoms with van der Waals surface area (Å²) < 4.78 is 4.94. The molecule has 0 spiro atoms. The Balaban J connectivity index is 2.09. The van der Waals surface area contributed by atoms with Crippen molar-refractivity contribution in [2.24, 2.45) is 0 Å². The molecule has 19 heavy (non-hydrogen) atoms. The average molecular weight is 259 g/mol. The van der Waals surface area contributed by atoms with Crippen LogP contribution in [0.4, 0.5) is 5.69 Å². The lowest BCUT2D eigenvalue weighted by atomic mass is 10.1. The van der Waals surface area contributed by atoms with Gasteiger partial charge in [-0.3, -0.25) is 4.79 Å². The SMILES string of the molecule is CCNc1cc(C)ccc1C(=O)NCc1ccno1. The fourth-order valence-electron chi connectivity index (χ4n) is 1.79. The Labute approximate surface area is 112 Å². The maximum absolute atomic E-state index is 12.1. The molecule has 0 aliphatic rings. The zero-order chi connectivity index (χ0) is 13.7. The van der Waals surface area contributed by atoms with Crippen molar-refractivity contribution < 1.29 is 9.32 Å². The Bertz CT molecular complexity index is 550. The summed E-state index contributed by atoms with van der Waals surface area (Å²) in [6.07, 6.45) is 1.55. The van der Waals surface area contributed by atoms with E-state index >= 15 is 0 Å². The average Bonchev–Trinajstić information content (AvgIpc) is 2.90. The molecule has 1 amide bonds. The zero-order valence-electron chi connectivity index (χ0n) is 11.1. The number of hydrogen-bond acceptors (Lipinski definition) is 4. The second-order valence-corrected chi connectivity index (χ2v) is 4.24. The number of anilines is 1. The number of aromatic nitrogens is 1. The van der Waals surface area contributed by atoms with Crippen LogP contribution in [0.15, 0.2) is 35.0 Å². The van der Waals surface area contributed by atoms with Gasteiger partial charge in [0.25, 0.3) is 5.91 Å². The Hall–Kier alpha value is -2.30. The minimum absolute atomic E-state index is 0.132. The molecule has 0 atom stereocenters. The first kappa shape index (κ1) is 13.1. The van der Waals surface area contributed by atoms with Crippen molar-refractivity contribution in [1.82, 2.24) is 10.5 Å². The highest BCUT2D eigenvalue weighted by molar-refractivity contribution is 5.99. The molecule has 0 saturated heterocycles. The van der Waals surface area contributed by atoms with E-state index in [9.17, 15) is 4.79 Å². The Kier molecular flexibility index (Phi) is 4.18. The van der Waals surface area contributed by atoms with Crippen LogP contribution in [-0.2, 0) is 6.54 Å². The van der Waals surface area contributed by atoms with Crippen molar-refractivity contribution in [2.75, 3.05) is 11.9 Å². The van der Waals surface area contributed by atoms with E-state index in [0.29, 0.717) is 17.9 Å². The van der Waals surface area contributed by atoms with Crippen LogP contribution in [0, 0.1) is 6.92 Å². The summed E-state index contributed by atoms with van der Waals surface area (Å²) in [6.45, 7) is 5.10. The normalized spacial score (nSPS) is 10.2. The van der Waals surface area contributed by atoms with Gasteiger partial charge in [0.15, 0.2) is 5.76 Å². The minimum Gasteiger partial charge on any atom is -0.385 e.